The summed E-state index contributed by atoms with van der Waals surface area (Å²) in [6.07, 6.45) is 8.17. The van der Waals surface area contributed by atoms with Crippen molar-refractivity contribution in [3.63, 3.8) is 0 Å². The van der Waals surface area contributed by atoms with E-state index in [2.05, 4.69) is 13.8 Å². The number of carbonyl (C=O) groups is 1. The second-order valence-electron chi connectivity index (χ2n) is 15.0. The number of ether oxygens (including phenoxy) is 1. The van der Waals surface area contributed by atoms with Gasteiger partial charge in [0.1, 0.15) is 17.3 Å². The molecule has 0 bridgehead atoms. The van der Waals surface area contributed by atoms with Crippen molar-refractivity contribution in [3.8, 4) is 0 Å². The van der Waals surface area contributed by atoms with Gasteiger partial charge in [-0.2, -0.15) is 22.0 Å². The van der Waals surface area contributed by atoms with Crippen molar-refractivity contribution in [2.45, 2.75) is 154 Å². The highest BCUT2D eigenvalue weighted by atomic mass is 32.2. The highest BCUT2D eigenvalue weighted by Crippen LogP contribution is 2.66. The van der Waals surface area contributed by atoms with E-state index >= 15 is 0 Å². The van der Waals surface area contributed by atoms with Crippen molar-refractivity contribution < 1.29 is 41.1 Å². The van der Waals surface area contributed by atoms with Crippen molar-refractivity contribution in [1.82, 2.24) is 0 Å². The van der Waals surface area contributed by atoms with Crippen LogP contribution in [0.1, 0.15) is 129 Å². The number of aliphatic hydroxyl groups excluding tert-OH is 1. The number of unbranched alkanes of at least 4 members (excludes halogenated alkanes) is 7. The number of Topliss-reactive ketones (excluding diaryl/α,β-unsaturated/α-hetero) is 1. The number of carbonyl (C=O) groups excluding carboxylic acids is 1. The zero-order valence-electron chi connectivity index (χ0n) is 26.8. The molecule has 0 aromatic carbocycles. The Labute approximate surface area is 264 Å². The van der Waals surface area contributed by atoms with E-state index in [-0.39, 0.29) is 28.8 Å². The number of aliphatic hydroxyl groups is 1. The molecular weight excluding hydrogens is 599 g/mol. The quantitative estimate of drug-likeness (QED) is 0.103. The van der Waals surface area contributed by atoms with Crippen LogP contribution >= 0.6 is 0 Å². The molecule has 0 spiro atoms. The van der Waals surface area contributed by atoms with E-state index in [0.29, 0.717) is 48.0 Å². The molecule has 4 rings (SSSR count). The van der Waals surface area contributed by atoms with Crippen LogP contribution in [0.3, 0.4) is 0 Å². The standard InChI is InChI=1S/C34H55F5O4S/c1-31-18-16-25(40)22-24(31)12-13-26-27-14-15-29(41)32(27,2)23-28(30(26)31)43-19-9-7-5-3-4-6-8-10-20-44(42)21-11-17-33(35,36)34(37,38)39/h24,26-30,41H,3-23H2,1-2H3/t24-,26-,27-,28-,29-,30+,31-,32-,44?/m0/s1. The molecule has 4 nitrogen and oxygen atoms in total. The summed E-state index contributed by atoms with van der Waals surface area (Å²) >= 11 is -1.36. The third-order valence-electron chi connectivity index (χ3n) is 12.2. The molecule has 0 aromatic heterocycles. The van der Waals surface area contributed by atoms with Crippen LogP contribution in [0.2, 0.25) is 0 Å². The van der Waals surface area contributed by atoms with E-state index < -0.39 is 36.1 Å². The zero-order chi connectivity index (χ0) is 32.2. The lowest BCUT2D eigenvalue weighted by Gasteiger charge is -2.62. The summed E-state index contributed by atoms with van der Waals surface area (Å²) in [4.78, 5) is 12.3. The summed E-state index contributed by atoms with van der Waals surface area (Å²) in [5, 5.41) is 11.0. The first-order valence-electron chi connectivity index (χ1n) is 17.3. The second kappa shape index (κ2) is 15.2. The smallest absolute Gasteiger partial charge is 0.453 e. The Morgan fingerprint density at radius 3 is 2.20 bits per heavy atom. The van der Waals surface area contributed by atoms with Gasteiger partial charge in [0.25, 0.3) is 0 Å². The summed E-state index contributed by atoms with van der Waals surface area (Å²) < 4.78 is 81.2. The van der Waals surface area contributed by atoms with E-state index in [1.54, 1.807) is 0 Å². The number of rotatable bonds is 16. The van der Waals surface area contributed by atoms with Crippen LogP contribution in [0.15, 0.2) is 0 Å². The molecule has 9 atom stereocenters. The Morgan fingerprint density at radius 2 is 1.52 bits per heavy atom. The SMILES string of the molecule is C[C@]12CCC(=O)C[C@@H]1CC[C@@H]1[C@@H]2[C@@H](OCCCCCCCCCC[S+]([O-])CCCC(F)(F)C(F)(F)F)C[C@]2(C)[C@@H](O)CC[C@@H]12. The maximum absolute atomic E-state index is 12.9. The predicted octanol–water partition coefficient (Wildman–Crippen LogP) is 8.80. The monoisotopic (exact) mass is 654 g/mol. The van der Waals surface area contributed by atoms with Crippen molar-refractivity contribution in [3.05, 3.63) is 0 Å². The molecule has 4 fully saturated rings. The molecule has 1 unspecified atom stereocenters. The Balaban J connectivity index is 1.11. The van der Waals surface area contributed by atoms with E-state index in [4.69, 9.17) is 4.74 Å². The topological polar surface area (TPSA) is 69.6 Å². The maximum Gasteiger partial charge on any atom is 0.453 e. The fourth-order valence-electron chi connectivity index (χ4n) is 9.62. The van der Waals surface area contributed by atoms with Crippen LogP contribution in [0.5, 0.6) is 0 Å². The van der Waals surface area contributed by atoms with Crippen LogP contribution in [0, 0.1) is 34.5 Å². The Bertz CT molecular complexity index is 934. The number of fused-ring (bicyclic) bond motifs is 5. The van der Waals surface area contributed by atoms with Gasteiger partial charge >= 0.3 is 12.1 Å². The molecule has 256 valence electrons. The lowest BCUT2D eigenvalue weighted by molar-refractivity contribution is -0.284. The fourth-order valence-corrected chi connectivity index (χ4v) is 10.8. The number of hydrogen-bond acceptors (Lipinski definition) is 4. The molecule has 10 heteroatoms. The highest BCUT2D eigenvalue weighted by Gasteiger charge is 2.63. The van der Waals surface area contributed by atoms with Crippen LogP contribution in [0.4, 0.5) is 22.0 Å². The van der Waals surface area contributed by atoms with Gasteiger partial charge in [-0.3, -0.25) is 4.79 Å². The van der Waals surface area contributed by atoms with Crippen molar-refractivity contribution in [1.29, 1.82) is 0 Å². The maximum atomic E-state index is 12.9. The van der Waals surface area contributed by atoms with E-state index in [9.17, 15) is 36.4 Å². The largest absolute Gasteiger partial charge is 0.616 e. The summed E-state index contributed by atoms with van der Waals surface area (Å²) in [5.41, 5.74) is 0.0681. The predicted molar refractivity (Wildman–Crippen MR) is 163 cm³/mol. The van der Waals surface area contributed by atoms with Crippen LogP contribution in [0.25, 0.3) is 0 Å². The summed E-state index contributed by atoms with van der Waals surface area (Å²) in [6.45, 7) is 5.45. The molecule has 0 heterocycles. The summed E-state index contributed by atoms with van der Waals surface area (Å²) in [5.74, 6) is -2.01. The van der Waals surface area contributed by atoms with Gasteiger partial charge in [0.05, 0.1) is 12.2 Å². The first-order valence-corrected chi connectivity index (χ1v) is 18.8. The average molecular weight is 655 g/mol. The molecule has 4 aliphatic rings. The Morgan fingerprint density at radius 1 is 0.886 bits per heavy atom. The van der Waals surface area contributed by atoms with Gasteiger partial charge < -0.3 is 14.4 Å². The third kappa shape index (κ3) is 8.33. The minimum absolute atomic E-state index is 0.0755. The van der Waals surface area contributed by atoms with Gasteiger partial charge in [0.15, 0.2) is 0 Å². The van der Waals surface area contributed by atoms with Gasteiger partial charge in [-0.15, -0.1) is 0 Å². The van der Waals surface area contributed by atoms with Crippen LogP contribution in [-0.4, -0.2) is 57.9 Å². The molecule has 1 N–H and O–H groups in total. The number of halogens is 5. The average Bonchev–Trinajstić information content (AvgIpc) is 3.24. The molecule has 44 heavy (non-hydrogen) atoms. The molecule has 0 aliphatic heterocycles. The van der Waals surface area contributed by atoms with Gasteiger partial charge in [0, 0.05) is 25.9 Å². The number of ketones is 1. The molecule has 4 aliphatic carbocycles. The van der Waals surface area contributed by atoms with Crippen molar-refractivity contribution >= 4 is 17.0 Å². The minimum atomic E-state index is -5.54. The third-order valence-corrected chi connectivity index (χ3v) is 13.7. The van der Waals surface area contributed by atoms with Gasteiger partial charge in [-0.25, -0.2) is 0 Å². The van der Waals surface area contributed by atoms with E-state index in [1.807, 2.05) is 0 Å². The van der Waals surface area contributed by atoms with Crippen LogP contribution in [-0.2, 0) is 20.7 Å². The van der Waals surface area contributed by atoms with Gasteiger partial charge in [0.2, 0.25) is 0 Å². The van der Waals surface area contributed by atoms with E-state index in [0.717, 1.165) is 96.5 Å². The molecular formula is C34H55F5O4S. The zero-order valence-corrected chi connectivity index (χ0v) is 27.6. The van der Waals surface area contributed by atoms with Gasteiger partial charge in [-0.05, 0) is 98.7 Å². The Kier molecular flexibility index (Phi) is 12.6. The second-order valence-corrected chi connectivity index (χ2v) is 16.7. The molecule has 4 saturated carbocycles. The lowest BCUT2D eigenvalue weighted by Crippen LogP contribution is -2.60. The first kappa shape index (κ1) is 36.4. The number of hydrogen-bond donors (Lipinski definition) is 1. The Hall–Kier alpha value is -0.450. The minimum Gasteiger partial charge on any atom is -0.616 e. The molecule has 0 saturated heterocycles. The lowest BCUT2D eigenvalue weighted by atomic mass is 9.44. The summed E-state index contributed by atoms with van der Waals surface area (Å²) in [7, 11) is 0. The van der Waals surface area contributed by atoms with Crippen molar-refractivity contribution in [2.24, 2.45) is 34.5 Å². The molecule has 0 amide bonds. The fraction of sp³-hybridized carbons (Fsp3) is 0.971. The van der Waals surface area contributed by atoms with Crippen molar-refractivity contribution in [2.75, 3.05) is 18.1 Å². The first-order chi connectivity index (χ1) is 20.7. The highest BCUT2D eigenvalue weighted by molar-refractivity contribution is 7.91. The van der Waals surface area contributed by atoms with Gasteiger partial charge in [-0.1, -0.05) is 57.1 Å². The summed E-state index contributed by atoms with van der Waals surface area (Å²) in [6, 6.07) is 0. The normalized spacial score (nSPS) is 36.5. The molecule has 0 aromatic rings. The van der Waals surface area contributed by atoms with Crippen LogP contribution < -0.4 is 0 Å². The molecule has 0 radical (unpaired) electrons. The van der Waals surface area contributed by atoms with E-state index in [1.165, 1.54) is 0 Å². The number of alkyl halides is 5.